The highest BCUT2D eigenvalue weighted by atomic mass is 19.1. The number of ketones is 1. The highest BCUT2D eigenvalue weighted by Crippen LogP contribution is 2.40. The summed E-state index contributed by atoms with van der Waals surface area (Å²) in [6.07, 6.45) is 7.21. The van der Waals surface area contributed by atoms with Gasteiger partial charge in [-0.25, -0.2) is 8.78 Å². The quantitative estimate of drug-likeness (QED) is 0.181. The van der Waals surface area contributed by atoms with Gasteiger partial charge in [0.25, 0.3) is 0 Å². The molecule has 0 aliphatic carbocycles. The highest BCUT2D eigenvalue weighted by molar-refractivity contribution is 5.99. The number of rotatable bonds is 8. The van der Waals surface area contributed by atoms with Gasteiger partial charge in [0.15, 0.2) is 5.82 Å². The lowest BCUT2D eigenvalue weighted by Gasteiger charge is -2.31. The number of pyridine rings is 1. The van der Waals surface area contributed by atoms with Gasteiger partial charge in [-0.3, -0.25) is 14.6 Å². The van der Waals surface area contributed by atoms with Gasteiger partial charge in [0, 0.05) is 42.6 Å². The zero-order valence-electron chi connectivity index (χ0n) is 27.4. The van der Waals surface area contributed by atoms with Crippen LogP contribution in [0, 0.1) is 11.6 Å². The van der Waals surface area contributed by atoms with Crippen LogP contribution in [-0.2, 0) is 17.9 Å². The molecule has 0 radical (unpaired) electrons. The SMILES string of the molecule is CC(=O)C[C@H](C)c1cc2n(n1)CCCN(c1nc(OCC34CCCN3CCC4)nc3c(F)c(-c4cccc5cccc(F)c45)ncc13)C2. The fourth-order valence-corrected chi connectivity index (χ4v) is 8.11. The van der Waals surface area contributed by atoms with Crippen molar-refractivity contribution in [2.45, 2.75) is 76.9 Å². The van der Waals surface area contributed by atoms with Gasteiger partial charge in [-0.1, -0.05) is 37.3 Å². The van der Waals surface area contributed by atoms with Crippen molar-refractivity contribution in [3.8, 4) is 17.3 Å². The van der Waals surface area contributed by atoms with Crippen molar-refractivity contribution in [1.29, 1.82) is 0 Å². The maximum Gasteiger partial charge on any atom is 0.319 e. The molecule has 0 unspecified atom stereocenters. The number of carbonyl (C=O) groups is 1. The number of carbonyl (C=O) groups excluding carboxylic acids is 1. The lowest BCUT2D eigenvalue weighted by molar-refractivity contribution is -0.117. The molecule has 9 nitrogen and oxygen atoms in total. The Morgan fingerprint density at radius 3 is 2.60 bits per heavy atom. The van der Waals surface area contributed by atoms with E-state index in [0.717, 1.165) is 56.6 Å². The Hall–Kier alpha value is -4.51. The van der Waals surface area contributed by atoms with E-state index >= 15 is 8.78 Å². The fourth-order valence-electron chi connectivity index (χ4n) is 8.11. The summed E-state index contributed by atoms with van der Waals surface area (Å²) < 4.78 is 40.4. The number of benzene rings is 2. The van der Waals surface area contributed by atoms with Crippen LogP contribution in [0.4, 0.5) is 14.6 Å². The molecule has 2 saturated heterocycles. The van der Waals surface area contributed by atoms with Crippen LogP contribution in [0.15, 0.2) is 48.7 Å². The van der Waals surface area contributed by atoms with Crippen molar-refractivity contribution in [1.82, 2.24) is 29.6 Å². The molecule has 0 N–H and O–H groups in total. The maximum absolute atomic E-state index is 16.8. The van der Waals surface area contributed by atoms with Crippen LogP contribution >= 0.6 is 0 Å². The van der Waals surface area contributed by atoms with Crippen LogP contribution < -0.4 is 9.64 Å². The number of fused-ring (bicyclic) bond motifs is 4. The van der Waals surface area contributed by atoms with E-state index in [0.29, 0.717) is 60.2 Å². The number of halogens is 2. The van der Waals surface area contributed by atoms with Crippen molar-refractivity contribution in [3.05, 3.63) is 71.7 Å². The second-order valence-corrected chi connectivity index (χ2v) is 13.7. The van der Waals surface area contributed by atoms with Crippen LogP contribution in [0.25, 0.3) is 32.9 Å². The Bertz CT molecular complexity index is 2030. The molecular formula is C37H39F2N7O2. The molecule has 11 heteroatoms. The number of ether oxygens (including phenoxy) is 1. The van der Waals surface area contributed by atoms with E-state index in [2.05, 4.69) is 25.8 Å². The van der Waals surface area contributed by atoms with Crippen molar-refractivity contribution in [2.75, 3.05) is 31.1 Å². The van der Waals surface area contributed by atoms with Crippen LogP contribution in [0.3, 0.4) is 0 Å². The Morgan fingerprint density at radius 2 is 1.81 bits per heavy atom. The first-order valence-electron chi connectivity index (χ1n) is 17.0. The minimum absolute atomic E-state index is 0.0102. The predicted molar refractivity (Wildman–Crippen MR) is 180 cm³/mol. The molecule has 3 aromatic heterocycles. The maximum atomic E-state index is 16.8. The van der Waals surface area contributed by atoms with Crippen molar-refractivity contribution < 1.29 is 18.3 Å². The predicted octanol–water partition coefficient (Wildman–Crippen LogP) is 6.82. The number of hydrogen-bond donors (Lipinski definition) is 0. The molecule has 6 heterocycles. The second kappa shape index (κ2) is 12.2. The normalized spacial score (nSPS) is 18.2. The Morgan fingerprint density at radius 1 is 1.02 bits per heavy atom. The van der Waals surface area contributed by atoms with Gasteiger partial charge in [0.05, 0.1) is 28.9 Å². The molecule has 5 aromatic rings. The van der Waals surface area contributed by atoms with Crippen molar-refractivity contribution in [2.24, 2.45) is 0 Å². The zero-order chi connectivity index (χ0) is 33.0. The molecule has 0 bridgehead atoms. The smallest absolute Gasteiger partial charge is 0.319 e. The third-order valence-electron chi connectivity index (χ3n) is 10.5. The zero-order valence-corrected chi connectivity index (χ0v) is 27.4. The van der Waals surface area contributed by atoms with Gasteiger partial charge in [0.2, 0.25) is 0 Å². The average Bonchev–Trinajstić information content (AvgIpc) is 3.74. The Labute approximate surface area is 277 Å². The van der Waals surface area contributed by atoms with Gasteiger partial charge >= 0.3 is 6.01 Å². The number of anilines is 1. The van der Waals surface area contributed by atoms with E-state index in [9.17, 15) is 4.79 Å². The topological polar surface area (TPSA) is 89.3 Å². The Kier molecular flexibility index (Phi) is 7.82. The molecule has 2 aromatic carbocycles. The molecular weight excluding hydrogens is 612 g/mol. The number of aromatic nitrogens is 5. The van der Waals surface area contributed by atoms with E-state index in [1.165, 1.54) is 6.07 Å². The summed E-state index contributed by atoms with van der Waals surface area (Å²) >= 11 is 0. The van der Waals surface area contributed by atoms with Crippen molar-refractivity contribution in [3.63, 3.8) is 0 Å². The molecule has 3 aliphatic rings. The van der Waals surface area contributed by atoms with Gasteiger partial charge in [-0.15, -0.1) is 0 Å². The molecule has 0 spiro atoms. The summed E-state index contributed by atoms with van der Waals surface area (Å²) in [5.74, 6) is -0.399. The third-order valence-corrected chi connectivity index (χ3v) is 10.5. The molecule has 0 amide bonds. The molecule has 3 aliphatic heterocycles. The third kappa shape index (κ3) is 5.38. The van der Waals surface area contributed by atoms with Gasteiger partial charge in [0.1, 0.15) is 35.2 Å². The largest absolute Gasteiger partial charge is 0.461 e. The molecule has 48 heavy (non-hydrogen) atoms. The second-order valence-electron chi connectivity index (χ2n) is 13.7. The van der Waals surface area contributed by atoms with Crippen molar-refractivity contribution >= 4 is 33.3 Å². The summed E-state index contributed by atoms with van der Waals surface area (Å²) in [5.41, 5.74) is 2.33. The first-order chi connectivity index (χ1) is 23.3. The average molecular weight is 652 g/mol. The summed E-state index contributed by atoms with van der Waals surface area (Å²) in [6, 6.07) is 12.3. The lowest BCUT2D eigenvalue weighted by Crippen LogP contribution is -2.43. The van der Waals surface area contributed by atoms with E-state index < -0.39 is 11.6 Å². The van der Waals surface area contributed by atoms with E-state index in [-0.39, 0.29) is 34.5 Å². The number of Topliss-reactive ketones (excluding diaryl/α,β-unsaturated/α-hetero) is 1. The van der Waals surface area contributed by atoms with Gasteiger partial charge < -0.3 is 14.4 Å². The van der Waals surface area contributed by atoms with E-state index in [1.54, 1.807) is 43.5 Å². The summed E-state index contributed by atoms with van der Waals surface area (Å²) in [5, 5.41) is 6.28. The van der Waals surface area contributed by atoms with Crippen LogP contribution in [-0.4, -0.2) is 67.2 Å². The molecule has 1 atom stereocenters. The van der Waals surface area contributed by atoms with E-state index in [1.807, 2.05) is 11.6 Å². The number of aryl methyl sites for hydroxylation is 1. The molecule has 2 fully saturated rings. The monoisotopic (exact) mass is 651 g/mol. The summed E-state index contributed by atoms with van der Waals surface area (Å²) in [7, 11) is 0. The molecule has 248 valence electrons. The number of nitrogens with zero attached hydrogens (tertiary/aromatic N) is 7. The molecule has 8 rings (SSSR count). The minimum atomic E-state index is -0.640. The lowest BCUT2D eigenvalue weighted by atomic mass is 9.95. The summed E-state index contributed by atoms with van der Waals surface area (Å²) in [6.45, 7) is 8.05. The Balaban J connectivity index is 1.22. The van der Waals surface area contributed by atoms with E-state index in [4.69, 9.17) is 14.8 Å². The highest BCUT2D eigenvalue weighted by Gasteiger charge is 2.45. The fraction of sp³-hybridized carbons (Fsp3) is 0.432. The molecule has 0 saturated carbocycles. The minimum Gasteiger partial charge on any atom is -0.461 e. The van der Waals surface area contributed by atoms with Crippen LogP contribution in [0.5, 0.6) is 6.01 Å². The van der Waals surface area contributed by atoms with Gasteiger partial charge in [-0.2, -0.15) is 15.1 Å². The first-order valence-corrected chi connectivity index (χ1v) is 17.0. The van der Waals surface area contributed by atoms with Gasteiger partial charge in [-0.05, 0) is 69.6 Å². The first kappa shape index (κ1) is 30.8. The van der Waals surface area contributed by atoms with Crippen LogP contribution in [0.2, 0.25) is 0 Å². The summed E-state index contributed by atoms with van der Waals surface area (Å²) in [4.78, 5) is 30.6. The van der Waals surface area contributed by atoms with Crippen LogP contribution in [0.1, 0.15) is 69.7 Å². The standard InChI is InChI=1S/C37H39F2N7O2/c1-23(18-24(2)47)30-19-26-21-44(14-7-17-46(26)43-30)35-28-20-40-33(27-10-3-8-25-9-4-11-29(38)31(25)27)32(39)34(28)41-36(42-35)48-22-37-12-5-15-45(37)16-6-13-37/h3-4,8-11,19-20,23H,5-7,12-18,21-22H2,1-2H3/t23-/m0/s1. The number of hydrogen-bond acceptors (Lipinski definition) is 8.